The maximum Gasteiger partial charge on any atom is 0.152 e. The topological polar surface area (TPSA) is 78.0 Å². The normalized spacial score (nSPS) is 20.8. The summed E-state index contributed by atoms with van der Waals surface area (Å²) < 4.78 is 26.7. The van der Waals surface area contributed by atoms with Crippen LogP contribution in [0.5, 0.6) is 0 Å². The molecule has 5 nitrogen and oxygen atoms in total. The highest BCUT2D eigenvalue weighted by Gasteiger charge is 2.31. The Labute approximate surface area is 139 Å². The van der Waals surface area contributed by atoms with Gasteiger partial charge in [0, 0.05) is 20.6 Å². The predicted octanol–water partition coefficient (Wildman–Crippen LogP) is 3.02. The number of halogens is 2. The number of nitrogens with zero attached hydrogens (tertiary/aromatic N) is 2. The maximum absolute atomic E-state index is 11.6. The van der Waals surface area contributed by atoms with Crippen LogP contribution in [0.1, 0.15) is 12.5 Å². The molecule has 2 aromatic rings. The number of nitrogens with two attached hydrogens (primary N) is 1. The van der Waals surface area contributed by atoms with E-state index < -0.39 is 9.84 Å². The molecular weight excluding hydrogens is 422 g/mol. The summed E-state index contributed by atoms with van der Waals surface area (Å²) in [5.41, 5.74) is 7.65. The molecule has 0 spiro atoms. The Bertz CT molecular complexity index is 802. The standard InChI is InChI=1S/C13H13Br2N3O2S/c14-8-1-2-11(15)10(5-8)12-6-13(16)18(17-12)9-3-4-21(19,20)7-9/h1-2,5-6,9H,3-4,7,16H2. The molecule has 0 aliphatic carbocycles. The number of hydrogen-bond acceptors (Lipinski definition) is 4. The van der Waals surface area contributed by atoms with E-state index in [0.29, 0.717) is 12.2 Å². The van der Waals surface area contributed by atoms with Gasteiger partial charge in [0.05, 0.1) is 23.2 Å². The molecular formula is C13H13Br2N3O2S. The first-order valence-electron chi connectivity index (χ1n) is 6.36. The third kappa shape index (κ3) is 3.02. The van der Waals surface area contributed by atoms with E-state index in [4.69, 9.17) is 5.73 Å². The van der Waals surface area contributed by atoms with Crippen LogP contribution in [0.4, 0.5) is 5.82 Å². The Morgan fingerprint density at radius 1 is 1.29 bits per heavy atom. The molecule has 1 atom stereocenters. The van der Waals surface area contributed by atoms with Gasteiger partial charge in [-0.15, -0.1) is 0 Å². The monoisotopic (exact) mass is 433 g/mol. The summed E-state index contributed by atoms with van der Waals surface area (Å²) in [5.74, 6) is 0.796. The number of nitrogen functional groups attached to an aromatic ring is 1. The molecule has 1 aliphatic rings. The number of anilines is 1. The average molecular weight is 435 g/mol. The van der Waals surface area contributed by atoms with Gasteiger partial charge < -0.3 is 5.73 Å². The second-order valence-corrected chi connectivity index (χ2v) is 9.08. The van der Waals surface area contributed by atoms with Gasteiger partial charge in [-0.3, -0.25) is 0 Å². The van der Waals surface area contributed by atoms with Gasteiger partial charge in [0.15, 0.2) is 9.84 Å². The summed E-state index contributed by atoms with van der Waals surface area (Å²) in [6, 6.07) is 7.40. The average Bonchev–Trinajstić information content (AvgIpc) is 2.95. The Balaban J connectivity index is 2.00. The molecule has 1 aliphatic heterocycles. The van der Waals surface area contributed by atoms with Crippen LogP contribution in [-0.2, 0) is 9.84 Å². The van der Waals surface area contributed by atoms with Crippen LogP contribution >= 0.6 is 31.9 Å². The minimum absolute atomic E-state index is 0.109. The molecule has 112 valence electrons. The first kappa shape index (κ1) is 15.1. The molecule has 0 bridgehead atoms. The molecule has 21 heavy (non-hydrogen) atoms. The highest BCUT2D eigenvalue weighted by atomic mass is 79.9. The van der Waals surface area contributed by atoms with Gasteiger partial charge in [0.2, 0.25) is 0 Å². The molecule has 2 N–H and O–H groups in total. The van der Waals surface area contributed by atoms with E-state index in [9.17, 15) is 8.42 Å². The number of hydrogen-bond donors (Lipinski definition) is 1. The van der Waals surface area contributed by atoms with Crippen molar-refractivity contribution in [2.24, 2.45) is 0 Å². The van der Waals surface area contributed by atoms with Crippen molar-refractivity contribution in [2.75, 3.05) is 17.2 Å². The van der Waals surface area contributed by atoms with E-state index in [2.05, 4.69) is 37.0 Å². The lowest BCUT2D eigenvalue weighted by molar-refractivity contribution is 0.508. The summed E-state index contributed by atoms with van der Waals surface area (Å²) in [6.07, 6.45) is 0.563. The van der Waals surface area contributed by atoms with E-state index in [1.807, 2.05) is 18.2 Å². The third-order valence-electron chi connectivity index (χ3n) is 3.52. The SMILES string of the molecule is Nc1cc(-c2cc(Br)ccc2Br)nn1C1CCS(=O)(=O)C1. The van der Waals surface area contributed by atoms with Crippen molar-refractivity contribution in [3.05, 3.63) is 33.2 Å². The summed E-state index contributed by atoms with van der Waals surface area (Å²) in [6.45, 7) is 0. The zero-order valence-electron chi connectivity index (χ0n) is 11.0. The van der Waals surface area contributed by atoms with Crippen LogP contribution in [0, 0.1) is 0 Å². The van der Waals surface area contributed by atoms with Crippen LogP contribution < -0.4 is 5.73 Å². The molecule has 0 saturated carbocycles. The van der Waals surface area contributed by atoms with E-state index in [1.54, 1.807) is 10.7 Å². The first-order valence-corrected chi connectivity index (χ1v) is 9.77. The summed E-state index contributed by atoms with van der Waals surface area (Å²) in [7, 11) is -2.96. The summed E-state index contributed by atoms with van der Waals surface area (Å²) in [5, 5.41) is 4.51. The number of sulfone groups is 1. The van der Waals surface area contributed by atoms with Crippen molar-refractivity contribution >= 4 is 47.5 Å². The summed E-state index contributed by atoms with van der Waals surface area (Å²) >= 11 is 6.93. The lowest BCUT2D eigenvalue weighted by Gasteiger charge is -2.10. The first-order chi connectivity index (χ1) is 9.85. The van der Waals surface area contributed by atoms with Gasteiger partial charge in [-0.1, -0.05) is 31.9 Å². The van der Waals surface area contributed by atoms with Crippen molar-refractivity contribution < 1.29 is 8.42 Å². The van der Waals surface area contributed by atoms with Gasteiger partial charge in [0.1, 0.15) is 5.82 Å². The molecule has 1 unspecified atom stereocenters. The second-order valence-electron chi connectivity index (χ2n) is 5.08. The second kappa shape index (κ2) is 5.40. The maximum atomic E-state index is 11.6. The molecule has 1 aromatic heterocycles. The van der Waals surface area contributed by atoms with E-state index >= 15 is 0 Å². The minimum Gasteiger partial charge on any atom is -0.384 e. The molecule has 1 fully saturated rings. The Morgan fingerprint density at radius 2 is 2.05 bits per heavy atom. The van der Waals surface area contributed by atoms with E-state index in [1.165, 1.54) is 0 Å². The fourth-order valence-corrected chi connectivity index (χ4v) is 5.00. The number of aromatic nitrogens is 2. The van der Waals surface area contributed by atoms with Gasteiger partial charge in [-0.05, 0) is 24.6 Å². The third-order valence-corrected chi connectivity index (χ3v) is 6.46. The smallest absolute Gasteiger partial charge is 0.152 e. The van der Waals surface area contributed by atoms with Crippen LogP contribution in [0.15, 0.2) is 33.2 Å². The van der Waals surface area contributed by atoms with Gasteiger partial charge in [0.25, 0.3) is 0 Å². The fourth-order valence-electron chi connectivity index (χ4n) is 2.50. The highest BCUT2D eigenvalue weighted by Crippen LogP contribution is 2.33. The van der Waals surface area contributed by atoms with Gasteiger partial charge >= 0.3 is 0 Å². The molecule has 0 radical (unpaired) electrons. The molecule has 1 aromatic carbocycles. The number of rotatable bonds is 2. The Morgan fingerprint density at radius 3 is 2.71 bits per heavy atom. The van der Waals surface area contributed by atoms with Crippen LogP contribution in [-0.4, -0.2) is 29.7 Å². The Hall–Kier alpha value is -0.860. The zero-order valence-corrected chi connectivity index (χ0v) is 14.9. The summed E-state index contributed by atoms with van der Waals surface area (Å²) in [4.78, 5) is 0. The molecule has 8 heteroatoms. The van der Waals surface area contributed by atoms with Crippen LogP contribution in [0.3, 0.4) is 0 Å². The van der Waals surface area contributed by atoms with E-state index in [0.717, 1.165) is 20.2 Å². The zero-order chi connectivity index (χ0) is 15.2. The van der Waals surface area contributed by atoms with Crippen molar-refractivity contribution in [3.8, 4) is 11.3 Å². The van der Waals surface area contributed by atoms with Crippen LogP contribution in [0.2, 0.25) is 0 Å². The van der Waals surface area contributed by atoms with Crippen molar-refractivity contribution in [2.45, 2.75) is 12.5 Å². The van der Waals surface area contributed by atoms with Gasteiger partial charge in [-0.2, -0.15) is 5.10 Å². The predicted molar refractivity (Wildman–Crippen MR) is 89.8 cm³/mol. The highest BCUT2D eigenvalue weighted by molar-refractivity contribution is 9.11. The molecule has 0 amide bonds. The molecule has 1 saturated heterocycles. The van der Waals surface area contributed by atoms with Crippen molar-refractivity contribution in [1.29, 1.82) is 0 Å². The van der Waals surface area contributed by atoms with Crippen molar-refractivity contribution in [3.63, 3.8) is 0 Å². The Kier molecular flexibility index (Phi) is 3.87. The molecule has 3 rings (SSSR count). The molecule has 2 heterocycles. The number of benzene rings is 1. The fraction of sp³-hybridized carbons (Fsp3) is 0.308. The lowest BCUT2D eigenvalue weighted by atomic mass is 10.1. The quantitative estimate of drug-likeness (QED) is 0.787. The van der Waals surface area contributed by atoms with Gasteiger partial charge in [-0.25, -0.2) is 13.1 Å². The lowest BCUT2D eigenvalue weighted by Crippen LogP contribution is -2.14. The largest absolute Gasteiger partial charge is 0.384 e. The minimum atomic E-state index is -2.96. The van der Waals surface area contributed by atoms with Crippen LogP contribution in [0.25, 0.3) is 11.3 Å². The van der Waals surface area contributed by atoms with E-state index in [-0.39, 0.29) is 17.5 Å². The van der Waals surface area contributed by atoms with Crippen molar-refractivity contribution in [1.82, 2.24) is 9.78 Å².